The van der Waals surface area contributed by atoms with Crippen LogP contribution in [-0.2, 0) is 20.3 Å². The number of rotatable bonds is 3. The highest BCUT2D eigenvalue weighted by Crippen LogP contribution is 2.37. The maximum Gasteiger partial charge on any atom is 0.494 e. The van der Waals surface area contributed by atoms with E-state index in [1.165, 1.54) is 6.07 Å². The monoisotopic (exact) mass is 369 g/mol. The summed E-state index contributed by atoms with van der Waals surface area (Å²) in [6, 6.07) is 3.46. The van der Waals surface area contributed by atoms with Crippen molar-refractivity contribution in [1.29, 1.82) is 0 Å². The van der Waals surface area contributed by atoms with Crippen LogP contribution in [0.3, 0.4) is 0 Å². The van der Waals surface area contributed by atoms with Gasteiger partial charge < -0.3 is 14.6 Å². The molecule has 2 fully saturated rings. The molecule has 2 aliphatic rings. The van der Waals surface area contributed by atoms with Crippen LogP contribution in [0.15, 0.2) is 18.2 Å². The molecule has 26 heavy (non-hydrogen) atoms. The second-order valence-corrected chi connectivity index (χ2v) is 8.05. The Balaban J connectivity index is 1.92. The van der Waals surface area contributed by atoms with Crippen molar-refractivity contribution in [3.63, 3.8) is 0 Å². The molecule has 1 aromatic rings. The van der Waals surface area contributed by atoms with E-state index in [-0.39, 0.29) is 23.0 Å². The SMILES string of the molecule is CC1(C)OB(c2cc(NC(=O)C3CCC3)cc(C(F)(F)F)c2)OC1(C)C. The number of benzene rings is 1. The Kier molecular flexibility index (Phi) is 4.64. The number of hydrogen-bond acceptors (Lipinski definition) is 3. The zero-order chi connectivity index (χ0) is 19.3. The van der Waals surface area contributed by atoms with Gasteiger partial charge in [0, 0.05) is 11.6 Å². The van der Waals surface area contributed by atoms with E-state index >= 15 is 0 Å². The van der Waals surface area contributed by atoms with Crippen molar-refractivity contribution in [2.24, 2.45) is 5.92 Å². The fourth-order valence-corrected chi connectivity index (χ4v) is 2.92. The first-order valence-electron chi connectivity index (χ1n) is 8.78. The van der Waals surface area contributed by atoms with Crippen molar-refractivity contribution in [2.75, 3.05) is 5.32 Å². The summed E-state index contributed by atoms with van der Waals surface area (Å²) in [7, 11) is -0.929. The van der Waals surface area contributed by atoms with E-state index in [0.29, 0.717) is 0 Å². The van der Waals surface area contributed by atoms with E-state index in [1.54, 1.807) is 0 Å². The Labute approximate surface area is 151 Å². The van der Waals surface area contributed by atoms with Gasteiger partial charge in [-0.25, -0.2) is 0 Å². The lowest BCUT2D eigenvalue weighted by Crippen LogP contribution is -2.41. The van der Waals surface area contributed by atoms with Crippen molar-refractivity contribution in [1.82, 2.24) is 0 Å². The van der Waals surface area contributed by atoms with Gasteiger partial charge in [-0.3, -0.25) is 4.79 Å². The predicted molar refractivity (Wildman–Crippen MR) is 93.1 cm³/mol. The van der Waals surface area contributed by atoms with E-state index < -0.39 is 30.1 Å². The van der Waals surface area contributed by atoms with Gasteiger partial charge in [-0.05, 0) is 58.1 Å². The smallest absolute Gasteiger partial charge is 0.399 e. The van der Waals surface area contributed by atoms with Gasteiger partial charge in [-0.2, -0.15) is 13.2 Å². The first-order chi connectivity index (χ1) is 11.9. The minimum Gasteiger partial charge on any atom is -0.399 e. The van der Waals surface area contributed by atoms with Gasteiger partial charge in [0.05, 0.1) is 16.8 Å². The Bertz CT molecular complexity index is 698. The zero-order valence-electron chi connectivity index (χ0n) is 15.4. The lowest BCUT2D eigenvalue weighted by Gasteiger charge is -2.32. The highest BCUT2D eigenvalue weighted by Gasteiger charge is 2.52. The van der Waals surface area contributed by atoms with Crippen LogP contribution in [0, 0.1) is 5.92 Å². The van der Waals surface area contributed by atoms with Crippen LogP contribution in [0.2, 0.25) is 0 Å². The molecule has 1 aliphatic carbocycles. The molecule has 1 saturated carbocycles. The average Bonchev–Trinajstić information content (AvgIpc) is 2.64. The molecule has 142 valence electrons. The maximum atomic E-state index is 13.3. The third-order valence-electron chi connectivity index (χ3n) is 5.55. The normalized spacial score (nSPS) is 22.2. The molecular formula is C18H23BF3NO3. The van der Waals surface area contributed by atoms with Crippen LogP contribution >= 0.6 is 0 Å². The minimum atomic E-state index is -4.53. The Morgan fingerprint density at radius 3 is 2.15 bits per heavy atom. The molecule has 1 saturated heterocycles. The summed E-state index contributed by atoms with van der Waals surface area (Å²) in [6.07, 6.45) is -2.01. The number of carbonyl (C=O) groups excluding carboxylic acids is 1. The van der Waals surface area contributed by atoms with Crippen LogP contribution in [0.5, 0.6) is 0 Å². The Morgan fingerprint density at radius 1 is 1.12 bits per heavy atom. The molecule has 0 spiro atoms. The van der Waals surface area contributed by atoms with Gasteiger partial charge >= 0.3 is 13.3 Å². The number of carbonyl (C=O) groups is 1. The highest BCUT2D eigenvalue weighted by atomic mass is 19.4. The largest absolute Gasteiger partial charge is 0.494 e. The first-order valence-corrected chi connectivity index (χ1v) is 8.78. The van der Waals surface area contributed by atoms with Crippen molar-refractivity contribution >= 4 is 24.2 Å². The number of halogens is 3. The molecule has 0 radical (unpaired) electrons. The lowest BCUT2D eigenvalue weighted by atomic mass is 9.78. The van der Waals surface area contributed by atoms with E-state index in [9.17, 15) is 18.0 Å². The lowest BCUT2D eigenvalue weighted by molar-refractivity contribution is -0.137. The highest BCUT2D eigenvalue weighted by molar-refractivity contribution is 6.62. The Morgan fingerprint density at radius 2 is 1.69 bits per heavy atom. The third kappa shape index (κ3) is 3.62. The number of anilines is 1. The third-order valence-corrected chi connectivity index (χ3v) is 5.55. The molecule has 3 rings (SSSR count). The fourth-order valence-electron chi connectivity index (χ4n) is 2.92. The second-order valence-electron chi connectivity index (χ2n) is 8.05. The van der Waals surface area contributed by atoms with Gasteiger partial charge in [0.15, 0.2) is 0 Å². The van der Waals surface area contributed by atoms with E-state index in [1.807, 2.05) is 27.7 Å². The van der Waals surface area contributed by atoms with E-state index in [2.05, 4.69) is 5.32 Å². The summed E-state index contributed by atoms with van der Waals surface area (Å²) in [5.41, 5.74) is -1.82. The van der Waals surface area contributed by atoms with Gasteiger partial charge in [-0.1, -0.05) is 12.5 Å². The molecule has 4 nitrogen and oxygen atoms in total. The summed E-state index contributed by atoms with van der Waals surface area (Å²) in [5.74, 6) is -0.361. The first kappa shape index (κ1) is 19.2. The molecule has 0 unspecified atom stereocenters. The summed E-state index contributed by atoms with van der Waals surface area (Å²) in [4.78, 5) is 12.1. The molecule has 1 heterocycles. The molecule has 1 N–H and O–H groups in total. The molecule has 1 amide bonds. The summed E-state index contributed by atoms with van der Waals surface area (Å²) >= 11 is 0. The molecule has 0 bridgehead atoms. The van der Waals surface area contributed by atoms with Crippen molar-refractivity contribution < 1.29 is 27.3 Å². The van der Waals surface area contributed by atoms with Crippen LogP contribution in [0.25, 0.3) is 0 Å². The zero-order valence-corrected chi connectivity index (χ0v) is 15.4. The maximum absolute atomic E-state index is 13.3. The molecule has 1 aliphatic heterocycles. The minimum absolute atomic E-state index is 0.112. The van der Waals surface area contributed by atoms with E-state index in [4.69, 9.17) is 9.31 Å². The number of amides is 1. The van der Waals surface area contributed by atoms with Crippen LogP contribution < -0.4 is 10.8 Å². The standard InChI is InChI=1S/C18H23BF3NO3/c1-16(2)17(3,4)26-19(25-16)13-8-12(18(20,21)22)9-14(10-13)23-15(24)11-6-5-7-11/h8-11H,5-7H2,1-4H3,(H,23,24). The van der Waals surface area contributed by atoms with Crippen molar-refractivity contribution in [3.8, 4) is 0 Å². The summed E-state index contributed by atoms with van der Waals surface area (Å²) in [6.45, 7) is 7.33. The quantitative estimate of drug-likeness (QED) is 0.826. The number of hydrogen-bond donors (Lipinski definition) is 1. The van der Waals surface area contributed by atoms with Crippen molar-refractivity contribution in [3.05, 3.63) is 23.8 Å². The van der Waals surface area contributed by atoms with Crippen LogP contribution in [-0.4, -0.2) is 24.2 Å². The molecule has 0 aromatic heterocycles. The van der Waals surface area contributed by atoms with Gasteiger partial charge in [0.25, 0.3) is 0 Å². The molecular weight excluding hydrogens is 346 g/mol. The number of alkyl halides is 3. The van der Waals surface area contributed by atoms with Gasteiger partial charge in [0.2, 0.25) is 5.91 Å². The van der Waals surface area contributed by atoms with Gasteiger partial charge in [0.1, 0.15) is 0 Å². The van der Waals surface area contributed by atoms with Crippen LogP contribution in [0.1, 0.15) is 52.5 Å². The Hall–Kier alpha value is -1.54. The number of nitrogens with one attached hydrogen (secondary N) is 1. The summed E-state index contributed by atoms with van der Waals surface area (Å²) in [5, 5.41) is 2.61. The predicted octanol–water partition coefficient (Wildman–Crippen LogP) is 3.74. The van der Waals surface area contributed by atoms with E-state index in [0.717, 1.165) is 31.4 Å². The fraction of sp³-hybridized carbons (Fsp3) is 0.611. The van der Waals surface area contributed by atoms with Crippen molar-refractivity contribution in [2.45, 2.75) is 64.3 Å². The average molecular weight is 369 g/mol. The molecule has 0 atom stereocenters. The molecule has 1 aromatic carbocycles. The topological polar surface area (TPSA) is 47.6 Å². The van der Waals surface area contributed by atoms with Gasteiger partial charge in [-0.15, -0.1) is 0 Å². The second kappa shape index (κ2) is 6.27. The molecule has 8 heteroatoms. The summed E-state index contributed by atoms with van der Waals surface area (Å²) < 4.78 is 51.7. The van der Waals surface area contributed by atoms with Crippen LogP contribution in [0.4, 0.5) is 18.9 Å².